The van der Waals surface area contributed by atoms with Gasteiger partial charge in [0.25, 0.3) is 0 Å². The third kappa shape index (κ3) is 3.35. The van der Waals surface area contributed by atoms with Crippen LogP contribution in [0.15, 0.2) is 47.8 Å². The van der Waals surface area contributed by atoms with Crippen molar-refractivity contribution in [3.05, 3.63) is 58.3 Å². The van der Waals surface area contributed by atoms with Crippen molar-refractivity contribution in [2.45, 2.75) is 37.5 Å². The maximum Gasteiger partial charge on any atom is 0.225 e. The van der Waals surface area contributed by atoms with Crippen LogP contribution in [0, 0.1) is 0 Å². The average molecular weight is 299 g/mol. The summed E-state index contributed by atoms with van der Waals surface area (Å²) >= 11 is 1.64. The molecular weight excluding hydrogens is 278 g/mol. The Balaban J connectivity index is 1.65. The van der Waals surface area contributed by atoms with Crippen molar-refractivity contribution in [3.8, 4) is 0 Å². The van der Waals surface area contributed by atoms with Crippen LogP contribution in [-0.2, 0) is 16.6 Å². The summed E-state index contributed by atoms with van der Waals surface area (Å²) in [5.74, 6) is 0.139. The molecule has 1 amide bonds. The van der Waals surface area contributed by atoms with E-state index in [1.165, 1.54) is 31.2 Å². The Morgan fingerprint density at radius 1 is 1.10 bits per heavy atom. The fraction of sp³-hybridized carbons (Fsp3) is 0.389. The lowest BCUT2D eigenvalue weighted by Gasteiger charge is -2.30. The van der Waals surface area contributed by atoms with Crippen molar-refractivity contribution >= 4 is 17.2 Å². The molecule has 1 fully saturated rings. The molecular formula is C18H21NOS. The molecule has 3 rings (SSSR count). The van der Waals surface area contributed by atoms with Crippen LogP contribution in [0.4, 0.5) is 0 Å². The van der Waals surface area contributed by atoms with Gasteiger partial charge in [0.1, 0.15) is 0 Å². The molecule has 2 nitrogen and oxygen atoms in total. The number of hydrogen-bond donors (Lipinski definition) is 1. The Bertz CT molecular complexity index is 571. The van der Waals surface area contributed by atoms with E-state index in [0.29, 0.717) is 6.42 Å². The molecule has 1 N–H and O–H groups in total. The molecule has 2 aromatic rings. The minimum absolute atomic E-state index is 0.139. The largest absolute Gasteiger partial charge is 0.355 e. The van der Waals surface area contributed by atoms with Gasteiger partial charge in [0, 0.05) is 16.8 Å². The molecule has 0 unspecified atom stereocenters. The van der Waals surface area contributed by atoms with E-state index in [-0.39, 0.29) is 11.3 Å². The lowest BCUT2D eigenvalue weighted by molar-refractivity contribution is -0.120. The van der Waals surface area contributed by atoms with Crippen LogP contribution in [-0.4, -0.2) is 12.5 Å². The second-order valence-electron chi connectivity index (χ2n) is 5.89. The number of carbonyl (C=O) groups excluding carboxylic acids is 1. The number of amides is 1. The van der Waals surface area contributed by atoms with Gasteiger partial charge in [0.15, 0.2) is 0 Å². The molecule has 21 heavy (non-hydrogen) atoms. The highest BCUT2D eigenvalue weighted by Gasteiger charge is 2.35. The Hall–Kier alpha value is -1.61. The molecule has 3 heteroatoms. The van der Waals surface area contributed by atoms with Crippen molar-refractivity contribution < 1.29 is 4.79 Å². The zero-order chi connectivity index (χ0) is 14.5. The average Bonchev–Trinajstić information content (AvgIpc) is 3.18. The number of carbonyl (C=O) groups is 1. The van der Waals surface area contributed by atoms with Crippen molar-refractivity contribution in [2.24, 2.45) is 0 Å². The molecule has 1 aliphatic carbocycles. The number of thiophene rings is 1. The molecule has 1 aromatic carbocycles. The third-order valence-electron chi connectivity index (χ3n) is 4.49. The van der Waals surface area contributed by atoms with E-state index in [9.17, 15) is 4.79 Å². The van der Waals surface area contributed by atoms with Crippen LogP contribution in [0.1, 0.15) is 36.1 Å². The first-order chi connectivity index (χ1) is 10.3. The van der Waals surface area contributed by atoms with E-state index in [0.717, 1.165) is 11.4 Å². The van der Waals surface area contributed by atoms with Gasteiger partial charge in [-0.15, -0.1) is 11.3 Å². The molecule has 1 saturated carbocycles. The van der Waals surface area contributed by atoms with Gasteiger partial charge in [-0.1, -0.05) is 49.2 Å². The SMILES string of the molecule is O=C(Cc1cccs1)NCC1(c2ccccc2)CCCC1. The van der Waals surface area contributed by atoms with Crippen molar-refractivity contribution in [1.29, 1.82) is 0 Å². The van der Waals surface area contributed by atoms with Crippen LogP contribution in [0.25, 0.3) is 0 Å². The molecule has 0 aliphatic heterocycles. The topological polar surface area (TPSA) is 29.1 Å². The minimum atomic E-state index is 0.139. The Morgan fingerprint density at radius 2 is 1.86 bits per heavy atom. The van der Waals surface area contributed by atoms with E-state index in [1.807, 2.05) is 17.5 Å². The molecule has 110 valence electrons. The van der Waals surface area contributed by atoms with Crippen LogP contribution in [0.2, 0.25) is 0 Å². The van der Waals surface area contributed by atoms with Crippen LogP contribution < -0.4 is 5.32 Å². The quantitative estimate of drug-likeness (QED) is 0.891. The second-order valence-corrected chi connectivity index (χ2v) is 6.92. The van der Waals surface area contributed by atoms with Gasteiger partial charge in [0.05, 0.1) is 6.42 Å². The molecule has 1 aromatic heterocycles. The molecule has 0 spiro atoms. The minimum Gasteiger partial charge on any atom is -0.355 e. The molecule has 0 radical (unpaired) electrons. The summed E-state index contributed by atoms with van der Waals surface area (Å²) in [5, 5.41) is 5.19. The van der Waals surface area contributed by atoms with Gasteiger partial charge in [-0.3, -0.25) is 4.79 Å². The fourth-order valence-electron chi connectivity index (χ4n) is 3.31. The maximum absolute atomic E-state index is 12.1. The molecule has 0 atom stereocenters. The summed E-state index contributed by atoms with van der Waals surface area (Å²) in [4.78, 5) is 13.3. The van der Waals surface area contributed by atoms with E-state index in [4.69, 9.17) is 0 Å². The van der Waals surface area contributed by atoms with Crippen LogP contribution >= 0.6 is 11.3 Å². The van der Waals surface area contributed by atoms with Gasteiger partial charge in [0.2, 0.25) is 5.91 Å². The highest BCUT2D eigenvalue weighted by molar-refractivity contribution is 7.10. The first kappa shape index (κ1) is 14.3. The summed E-state index contributed by atoms with van der Waals surface area (Å²) in [5.41, 5.74) is 1.52. The Kier molecular flexibility index (Phi) is 4.39. The molecule has 1 heterocycles. The number of hydrogen-bond acceptors (Lipinski definition) is 2. The van der Waals surface area contributed by atoms with Gasteiger partial charge in [-0.2, -0.15) is 0 Å². The van der Waals surface area contributed by atoms with Gasteiger partial charge in [-0.05, 0) is 29.9 Å². The summed E-state index contributed by atoms with van der Waals surface area (Å²) in [7, 11) is 0. The van der Waals surface area contributed by atoms with E-state index >= 15 is 0 Å². The standard InChI is InChI=1S/C18H21NOS/c20-17(13-16-9-6-12-21-16)19-14-18(10-4-5-11-18)15-7-2-1-3-8-15/h1-3,6-9,12H,4-5,10-11,13-14H2,(H,19,20). The first-order valence-electron chi connectivity index (χ1n) is 7.63. The predicted molar refractivity (Wildman–Crippen MR) is 87.6 cm³/mol. The number of benzene rings is 1. The van der Waals surface area contributed by atoms with E-state index < -0.39 is 0 Å². The van der Waals surface area contributed by atoms with Gasteiger partial charge >= 0.3 is 0 Å². The smallest absolute Gasteiger partial charge is 0.225 e. The van der Waals surface area contributed by atoms with Crippen molar-refractivity contribution in [2.75, 3.05) is 6.54 Å². The highest BCUT2D eigenvalue weighted by atomic mass is 32.1. The predicted octanol–water partition coefficient (Wildman–Crippen LogP) is 3.92. The van der Waals surface area contributed by atoms with E-state index in [1.54, 1.807) is 11.3 Å². The fourth-order valence-corrected chi connectivity index (χ4v) is 4.02. The van der Waals surface area contributed by atoms with Gasteiger partial charge < -0.3 is 5.32 Å². The molecule has 0 bridgehead atoms. The van der Waals surface area contributed by atoms with Crippen LogP contribution in [0.5, 0.6) is 0 Å². The summed E-state index contributed by atoms with van der Waals surface area (Å²) in [6.07, 6.45) is 5.38. The Morgan fingerprint density at radius 3 is 2.52 bits per heavy atom. The summed E-state index contributed by atoms with van der Waals surface area (Å²) in [6.45, 7) is 0.765. The normalized spacial score (nSPS) is 16.8. The first-order valence-corrected chi connectivity index (χ1v) is 8.51. The van der Waals surface area contributed by atoms with Crippen molar-refractivity contribution in [3.63, 3.8) is 0 Å². The van der Waals surface area contributed by atoms with Crippen LogP contribution in [0.3, 0.4) is 0 Å². The second kappa shape index (κ2) is 6.44. The Labute approximate surface area is 130 Å². The lowest BCUT2D eigenvalue weighted by atomic mass is 9.79. The van der Waals surface area contributed by atoms with E-state index in [2.05, 4.69) is 35.6 Å². The summed E-state index contributed by atoms with van der Waals surface area (Å²) in [6, 6.07) is 14.7. The number of nitrogens with one attached hydrogen (secondary N) is 1. The zero-order valence-corrected chi connectivity index (χ0v) is 13.0. The molecule has 0 saturated heterocycles. The lowest BCUT2D eigenvalue weighted by Crippen LogP contribution is -2.39. The maximum atomic E-state index is 12.1. The monoisotopic (exact) mass is 299 g/mol. The highest BCUT2D eigenvalue weighted by Crippen LogP contribution is 2.40. The number of rotatable bonds is 5. The third-order valence-corrected chi connectivity index (χ3v) is 5.36. The van der Waals surface area contributed by atoms with Crippen molar-refractivity contribution in [1.82, 2.24) is 5.32 Å². The molecule has 1 aliphatic rings. The van der Waals surface area contributed by atoms with Gasteiger partial charge in [-0.25, -0.2) is 0 Å². The zero-order valence-electron chi connectivity index (χ0n) is 12.2. The summed E-state index contributed by atoms with van der Waals surface area (Å²) < 4.78 is 0.